The highest BCUT2D eigenvalue weighted by Crippen LogP contribution is 2.29. The van der Waals surface area contributed by atoms with Crippen molar-refractivity contribution in [3.8, 4) is 5.88 Å². The first-order valence-electron chi connectivity index (χ1n) is 7.28. The summed E-state index contributed by atoms with van der Waals surface area (Å²) in [6, 6.07) is 4.03. The van der Waals surface area contributed by atoms with Crippen molar-refractivity contribution in [2.75, 3.05) is 5.32 Å². The Morgan fingerprint density at radius 1 is 1.24 bits per heavy atom. The highest BCUT2D eigenvalue weighted by atomic mass is 16.5. The summed E-state index contributed by atoms with van der Waals surface area (Å²) in [6.07, 6.45) is 1.84. The molecule has 2 aromatic heterocycles. The van der Waals surface area contributed by atoms with Crippen molar-refractivity contribution in [1.82, 2.24) is 14.8 Å². The number of hydrogen-bond donors (Lipinski definition) is 1. The van der Waals surface area contributed by atoms with Gasteiger partial charge in [-0.2, -0.15) is 5.10 Å². The molecule has 0 aliphatic heterocycles. The third kappa shape index (κ3) is 3.35. The zero-order valence-electron chi connectivity index (χ0n) is 13.6. The lowest BCUT2D eigenvalue weighted by atomic mass is 10.1. The summed E-state index contributed by atoms with van der Waals surface area (Å²) >= 11 is 0. The Bertz CT molecular complexity index is 619. The minimum absolute atomic E-state index is 0.0950. The van der Waals surface area contributed by atoms with Gasteiger partial charge in [0.25, 0.3) is 0 Å². The van der Waals surface area contributed by atoms with Crippen molar-refractivity contribution in [2.24, 2.45) is 7.05 Å². The van der Waals surface area contributed by atoms with Crippen LogP contribution in [0.25, 0.3) is 0 Å². The minimum atomic E-state index is 0.0950. The van der Waals surface area contributed by atoms with Crippen LogP contribution in [0, 0.1) is 13.8 Å². The van der Waals surface area contributed by atoms with E-state index in [9.17, 15) is 0 Å². The van der Waals surface area contributed by atoms with E-state index in [1.807, 2.05) is 44.6 Å². The van der Waals surface area contributed by atoms with E-state index in [2.05, 4.69) is 29.2 Å². The maximum Gasteiger partial charge on any atom is 0.237 e. The molecule has 0 saturated carbocycles. The van der Waals surface area contributed by atoms with E-state index in [-0.39, 0.29) is 12.1 Å². The molecule has 2 rings (SSSR count). The molecular formula is C16H24N4O. The van der Waals surface area contributed by atoms with E-state index in [1.54, 1.807) is 6.20 Å². The minimum Gasteiger partial charge on any atom is -0.473 e. The van der Waals surface area contributed by atoms with Gasteiger partial charge in [0.05, 0.1) is 23.5 Å². The summed E-state index contributed by atoms with van der Waals surface area (Å²) in [5.74, 6) is 0.638. The third-order valence-electron chi connectivity index (χ3n) is 3.49. The van der Waals surface area contributed by atoms with Crippen molar-refractivity contribution < 1.29 is 4.74 Å². The molecule has 0 radical (unpaired) electrons. The molecule has 1 N–H and O–H groups in total. The average Bonchev–Trinajstić information content (AvgIpc) is 2.65. The van der Waals surface area contributed by atoms with Gasteiger partial charge < -0.3 is 10.1 Å². The van der Waals surface area contributed by atoms with Gasteiger partial charge in [-0.3, -0.25) is 4.68 Å². The van der Waals surface area contributed by atoms with Crippen molar-refractivity contribution in [1.29, 1.82) is 0 Å². The molecule has 1 atom stereocenters. The maximum atomic E-state index is 5.75. The van der Waals surface area contributed by atoms with Crippen molar-refractivity contribution >= 4 is 5.69 Å². The number of pyridine rings is 1. The molecule has 2 heterocycles. The quantitative estimate of drug-likeness (QED) is 0.916. The van der Waals surface area contributed by atoms with Crippen LogP contribution in [0.4, 0.5) is 5.69 Å². The number of ether oxygens (including phenoxy) is 1. The number of hydrogen-bond acceptors (Lipinski definition) is 4. The summed E-state index contributed by atoms with van der Waals surface area (Å²) in [4.78, 5) is 4.31. The highest BCUT2D eigenvalue weighted by molar-refractivity contribution is 5.54. The zero-order chi connectivity index (χ0) is 15.6. The molecule has 2 aromatic rings. The van der Waals surface area contributed by atoms with E-state index in [4.69, 9.17) is 4.74 Å². The smallest absolute Gasteiger partial charge is 0.237 e. The van der Waals surface area contributed by atoms with Crippen LogP contribution in [0.3, 0.4) is 0 Å². The summed E-state index contributed by atoms with van der Waals surface area (Å²) < 4.78 is 7.67. The second-order valence-electron chi connectivity index (χ2n) is 5.60. The zero-order valence-corrected chi connectivity index (χ0v) is 13.6. The molecular weight excluding hydrogens is 264 g/mol. The molecule has 0 spiro atoms. The largest absolute Gasteiger partial charge is 0.473 e. The molecule has 0 bridgehead atoms. The highest BCUT2D eigenvalue weighted by Gasteiger charge is 2.18. The first-order valence-corrected chi connectivity index (χ1v) is 7.28. The van der Waals surface area contributed by atoms with Crippen LogP contribution < -0.4 is 10.1 Å². The molecule has 0 aromatic carbocycles. The number of aryl methyl sites for hydroxylation is 2. The fourth-order valence-corrected chi connectivity index (χ4v) is 2.54. The fraction of sp³-hybridized carbons (Fsp3) is 0.500. The Morgan fingerprint density at radius 2 is 1.95 bits per heavy atom. The second-order valence-corrected chi connectivity index (χ2v) is 5.60. The maximum absolute atomic E-state index is 5.75. The predicted molar refractivity (Wildman–Crippen MR) is 84.7 cm³/mol. The fourth-order valence-electron chi connectivity index (χ4n) is 2.54. The molecule has 0 saturated heterocycles. The van der Waals surface area contributed by atoms with Crippen molar-refractivity contribution in [3.05, 3.63) is 35.3 Å². The standard InChI is InChI=1S/C16H24N4O/c1-10(2)21-16-14(8-7-9-17-16)18-11(3)15-12(4)19-20(6)13(15)5/h7-11,18H,1-6H3. The van der Waals surface area contributed by atoms with Gasteiger partial charge in [-0.05, 0) is 46.8 Å². The topological polar surface area (TPSA) is 52.0 Å². The van der Waals surface area contributed by atoms with Gasteiger partial charge in [-0.25, -0.2) is 4.98 Å². The molecule has 21 heavy (non-hydrogen) atoms. The molecule has 5 nitrogen and oxygen atoms in total. The number of nitrogens with zero attached hydrogens (tertiary/aromatic N) is 3. The van der Waals surface area contributed by atoms with Gasteiger partial charge in [0.1, 0.15) is 0 Å². The van der Waals surface area contributed by atoms with Crippen molar-refractivity contribution in [2.45, 2.75) is 46.8 Å². The first kappa shape index (κ1) is 15.4. The van der Waals surface area contributed by atoms with E-state index in [0.717, 1.165) is 11.4 Å². The van der Waals surface area contributed by atoms with Gasteiger partial charge >= 0.3 is 0 Å². The normalized spacial score (nSPS) is 12.5. The van der Waals surface area contributed by atoms with Crippen LogP contribution in [-0.4, -0.2) is 20.9 Å². The Balaban J connectivity index is 2.25. The number of nitrogens with one attached hydrogen (secondary N) is 1. The van der Waals surface area contributed by atoms with Crippen LogP contribution in [-0.2, 0) is 7.05 Å². The molecule has 0 fully saturated rings. The van der Waals surface area contributed by atoms with Gasteiger partial charge in [0.2, 0.25) is 5.88 Å². The predicted octanol–water partition coefficient (Wildman–Crippen LogP) is 3.39. The van der Waals surface area contributed by atoms with Gasteiger partial charge in [0.15, 0.2) is 0 Å². The van der Waals surface area contributed by atoms with Gasteiger partial charge in [-0.1, -0.05) is 0 Å². The molecule has 1 unspecified atom stereocenters. The van der Waals surface area contributed by atoms with E-state index in [1.165, 1.54) is 11.3 Å². The summed E-state index contributed by atoms with van der Waals surface area (Å²) in [5.41, 5.74) is 4.34. The Morgan fingerprint density at radius 3 is 2.52 bits per heavy atom. The average molecular weight is 288 g/mol. The Kier molecular flexibility index (Phi) is 4.50. The van der Waals surface area contributed by atoms with Gasteiger partial charge in [-0.15, -0.1) is 0 Å². The van der Waals surface area contributed by atoms with E-state index >= 15 is 0 Å². The van der Waals surface area contributed by atoms with E-state index < -0.39 is 0 Å². The lowest BCUT2D eigenvalue weighted by Gasteiger charge is -2.19. The second kappa shape index (κ2) is 6.16. The summed E-state index contributed by atoms with van der Waals surface area (Å²) in [5, 5.41) is 7.96. The number of anilines is 1. The number of aromatic nitrogens is 3. The first-order chi connectivity index (χ1) is 9.90. The summed E-state index contributed by atoms with van der Waals surface area (Å²) in [6.45, 7) is 10.2. The Hall–Kier alpha value is -2.04. The molecule has 0 amide bonds. The van der Waals surface area contributed by atoms with Crippen LogP contribution in [0.2, 0.25) is 0 Å². The monoisotopic (exact) mass is 288 g/mol. The lowest BCUT2D eigenvalue weighted by Crippen LogP contribution is -2.13. The molecule has 0 aliphatic carbocycles. The number of rotatable bonds is 5. The molecule has 5 heteroatoms. The third-order valence-corrected chi connectivity index (χ3v) is 3.49. The molecule has 0 aliphatic rings. The lowest BCUT2D eigenvalue weighted by molar-refractivity contribution is 0.234. The Labute approximate surface area is 126 Å². The summed E-state index contributed by atoms with van der Waals surface area (Å²) in [7, 11) is 1.97. The van der Waals surface area contributed by atoms with E-state index in [0.29, 0.717) is 5.88 Å². The van der Waals surface area contributed by atoms with Crippen LogP contribution >= 0.6 is 0 Å². The SMILES string of the molecule is Cc1nn(C)c(C)c1C(C)Nc1cccnc1OC(C)C. The van der Waals surface area contributed by atoms with Crippen LogP contribution in [0.15, 0.2) is 18.3 Å². The van der Waals surface area contributed by atoms with Crippen LogP contribution in [0.1, 0.15) is 43.8 Å². The van der Waals surface area contributed by atoms with Crippen LogP contribution in [0.5, 0.6) is 5.88 Å². The molecule has 114 valence electrons. The van der Waals surface area contributed by atoms with Crippen molar-refractivity contribution in [3.63, 3.8) is 0 Å². The van der Waals surface area contributed by atoms with Gasteiger partial charge in [0, 0.05) is 24.5 Å².